The van der Waals surface area contributed by atoms with Crippen molar-refractivity contribution >= 4 is 5.97 Å². The maximum absolute atomic E-state index is 11.5. The van der Waals surface area contributed by atoms with Crippen LogP contribution in [0.15, 0.2) is 4.52 Å². The molecule has 1 aliphatic carbocycles. The molecule has 21 heavy (non-hydrogen) atoms. The minimum Gasteiger partial charge on any atom is -0.466 e. The van der Waals surface area contributed by atoms with E-state index in [1.54, 1.807) is 6.92 Å². The maximum atomic E-state index is 11.5. The van der Waals surface area contributed by atoms with E-state index in [1.165, 1.54) is 6.42 Å². The molecule has 1 fully saturated rings. The molecule has 2 unspecified atom stereocenters. The van der Waals surface area contributed by atoms with Crippen LogP contribution in [-0.2, 0) is 26.3 Å². The summed E-state index contributed by atoms with van der Waals surface area (Å²) in [6.07, 6.45) is 4.08. The van der Waals surface area contributed by atoms with Gasteiger partial charge in [-0.05, 0) is 39.0 Å². The first-order chi connectivity index (χ1) is 10.1. The Balaban J connectivity index is 2.14. The molecule has 1 aromatic heterocycles. The highest BCUT2D eigenvalue weighted by Gasteiger charge is 2.41. The lowest BCUT2D eigenvalue weighted by atomic mass is 9.78. The van der Waals surface area contributed by atoms with Crippen LogP contribution in [0.25, 0.3) is 0 Å². The van der Waals surface area contributed by atoms with Gasteiger partial charge in [-0.15, -0.1) is 0 Å². The summed E-state index contributed by atoms with van der Waals surface area (Å²) < 4.78 is 16.1. The largest absolute Gasteiger partial charge is 0.466 e. The molecule has 2 rings (SSSR count). The smallest absolute Gasteiger partial charge is 0.315 e. The van der Waals surface area contributed by atoms with Gasteiger partial charge in [-0.2, -0.15) is 4.98 Å². The number of aromatic nitrogens is 2. The lowest BCUT2D eigenvalue weighted by molar-refractivity contribution is -0.142. The Morgan fingerprint density at radius 1 is 1.43 bits per heavy atom. The van der Waals surface area contributed by atoms with E-state index >= 15 is 0 Å². The first kappa shape index (κ1) is 15.9. The third-order valence-corrected chi connectivity index (χ3v) is 3.85. The highest BCUT2D eigenvalue weighted by atomic mass is 16.5. The van der Waals surface area contributed by atoms with E-state index in [0.29, 0.717) is 30.8 Å². The number of esters is 1. The molecule has 1 aromatic rings. The van der Waals surface area contributed by atoms with Crippen molar-refractivity contribution in [1.29, 1.82) is 0 Å². The van der Waals surface area contributed by atoms with Gasteiger partial charge >= 0.3 is 5.97 Å². The zero-order valence-electron chi connectivity index (χ0n) is 13.1. The normalized spacial score (nSPS) is 25.8. The molecule has 1 aliphatic rings. The van der Waals surface area contributed by atoms with E-state index in [-0.39, 0.29) is 12.4 Å². The molecule has 0 aliphatic heterocycles. The molecule has 0 saturated heterocycles. The zero-order valence-corrected chi connectivity index (χ0v) is 13.1. The molecule has 6 nitrogen and oxygen atoms in total. The number of hydrogen-bond donors (Lipinski definition) is 0. The van der Waals surface area contributed by atoms with E-state index in [1.807, 2.05) is 6.92 Å². The molecule has 118 valence electrons. The topological polar surface area (TPSA) is 74.5 Å². The van der Waals surface area contributed by atoms with E-state index in [9.17, 15) is 4.79 Å². The summed E-state index contributed by atoms with van der Waals surface area (Å²) in [6.45, 7) is 6.91. The Morgan fingerprint density at radius 2 is 2.24 bits per heavy atom. The van der Waals surface area contributed by atoms with Crippen LogP contribution >= 0.6 is 0 Å². The molecule has 0 bridgehead atoms. The lowest BCUT2D eigenvalue weighted by Gasteiger charge is -2.37. The molecule has 1 saturated carbocycles. The van der Waals surface area contributed by atoms with Gasteiger partial charge in [0.15, 0.2) is 0 Å². The SMILES string of the molecule is CCOC(=O)Cc1nc(C2(OCC)CCCC(C)C2)no1. The van der Waals surface area contributed by atoms with Gasteiger partial charge in [0.25, 0.3) is 0 Å². The Morgan fingerprint density at radius 3 is 2.90 bits per heavy atom. The average Bonchev–Trinajstić information content (AvgIpc) is 2.88. The monoisotopic (exact) mass is 296 g/mol. The Hall–Kier alpha value is -1.43. The molecule has 0 aromatic carbocycles. The third kappa shape index (κ3) is 3.81. The number of carbonyl (C=O) groups excluding carboxylic acids is 1. The van der Waals surface area contributed by atoms with Crippen LogP contribution in [0.4, 0.5) is 0 Å². The van der Waals surface area contributed by atoms with Gasteiger partial charge in [-0.1, -0.05) is 18.5 Å². The second kappa shape index (κ2) is 7.02. The third-order valence-electron chi connectivity index (χ3n) is 3.85. The van der Waals surface area contributed by atoms with Crippen molar-refractivity contribution in [3.63, 3.8) is 0 Å². The van der Waals surface area contributed by atoms with Crippen molar-refractivity contribution < 1.29 is 18.8 Å². The van der Waals surface area contributed by atoms with E-state index in [2.05, 4.69) is 17.1 Å². The highest BCUT2D eigenvalue weighted by Crippen LogP contribution is 2.41. The van der Waals surface area contributed by atoms with E-state index < -0.39 is 5.60 Å². The van der Waals surface area contributed by atoms with Gasteiger partial charge in [0, 0.05) is 6.61 Å². The maximum Gasteiger partial charge on any atom is 0.315 e. The van der Waals surface area contributed by atoms with Crippen molar-refractivity contribution in [2.45, 2.75) is 58.5 Å². The number of ether oxygens (including phenoxy) is 2. The second-order valence-electron chi connectivity index (χ2n) is 5.62. The summed E-state index contributed by atoms with van der Waals surface area (Å²) in [4.78, 5) is 15.9. The Labute approximate surface area is 125 Å². The van der Waals surface area contributed by atoms with Crippen LogP contribution < -0.4 is 0 Å². The molecule has 0 amide bonds. The summed E-state index contributed by atoms with van der Waals surface area (Å²) >= 11 is 0. The first-order valence-corrected chi connectivity index (χ1v) is 7.72. The van der Waals surface area contributed by atoms with E-state index in [0.717, 1.165) is 19.3 Å². The zero-order chi connectivity index (χ0) is 15.3. The van der Waals surface area contributed by atoms with Gasteiger partial charge in [-0.25, -0.2) is 0 Å². The first-order valence-electron chi connectivity index (χ1n) is 7.72. The molecule has 1 heterocycles. The van der Waals surface area contributed by atoms with Crippen LogP contribution in [-0.4, -0.2) is 29.3 Å². The lowest BCUT2D eigenvalue weighted by Crippen LogP contribution is -2.36. The van der Waals surface area contributed by atoms with Crippen LogP contribution in [0.5, 0.6) is 0 Å². The van der Waals surface area contributed by atoms with Gasteiger partial charge in [0.05, 0.1) is 6.61 Å². The number of carbonyl (C=O) groups is 1. The highest BCUT2D eigenvalue weighted by molar-refractivity contribution is 5.71. The molecule has 0 N–H and O–H groups in total. The standard InChI is InChI=1S/C15H24N2O4/c1-4-19-13(18)9-12-16-14(17-21-12)15(20-5-2)8-6-7-11(3)10-15/h11H,4-10H2,1-3H3. The number of nitrogens with zero attached hydrogens (tertiary/aromatic N) is 2. The molecule has 0 spiro atoms. The van der Waals surface area contributed by atoms with Crippen LogP contribution in [0.1, 0.15) is 58.2 Å². The van der Waals surface area contributed by atoms with Crippen molar-refractivity contribution in [1.82, 2.24) is 10.1 Å². The van der Waals surface area contributed by atoms with Crippen LogP contribution in [0.2, 0.25) is 0 Å². The molecule has 0 radical (unpaired) electrons. The van der Waals surface area contributed by atoms with Crippen molar-refractivity contribution in [3.05, 3.63) is 11.7 Å². The fraction of sp³-hybridized carbons (Fsp3) is 0.800. The van der Waals surface area contributed by atoms with Gasteiger partial charge in [0.2, 0.25) is 11.7 Å². The van der Waals surface area contributed by atoms with Crippen LogP contribution in [0, 0.1) is 5.92 Å². The predicted octanol–water partition coefficient (Wildman–Crippen LogP) is 2.62. The predicted molar refractivity (Wildman–Crippen MR) is 75.6 cm³/mol. The summed E-state index contributed by atoms with van der Waals surface area (Å²) in [5.41, 5.74) is -0.469. The molecule has 2 atom stereocenters. The molecule has 6 heteroatoms. The van der Waals surface area contributed by atoms with Crippen molar-refractivity contribution in [2.75, 3.05) is 13.2 Å². The number of hydrogen-bond acceptors (Lipinski definition) is 6. The Bertz CT molecular complexity index is 470. The minimum absolute atomic E-state index is 0.0125. The Kier molecular flexibility index (Phi) is 5.33. The van der Waals surface area contributed by atoms with Gasteiger partial charge < -0.3 is 14.0 Å². The summed E-state index contributed by atoms with van der Waals surface area (Å²) in [6, 6.07) is 0. The summed E-state index contributed by atoms with van der Waals surface area (Å²) in [5.74, 6) is 1.07. The van der Waals surface area contributed by atoms with Gasteiger partial charge in [-0.3, -0.25) is 4.79 Å². The van der Waals surface area contributed by atoms with E-state index in [4.69, 9.17) is 14.0 Å². The summed E-state index contributed by atoms with van der Waals surface area (Å²) in [5, 5.41) is 4.06. The summed E-state index contributed by atoms with van der Waals surface area (Å²) in [7, 11) is 0. The number of rotatable bonds is 6. The molecular formula is C15H24N2O4. The fourth-order valence-corrected chi connectivity index (χ4v) is 3.03. The van der Waals surface area contributed by atoms with Gasteiger partial charge in [0.1, 0.15) is 12.0 Å². The second-order valence-corrected chi connectivity index (χ2v) is 5.62. The van der Waals surface area contributed by atoms with Crippen molar-refractivity contribution in [3.8, 4) is 0 Å². The quantitative estimate of drug-likeness (QED) is 0.751. The molecular weight excluding hydrogens is 272 g/mol. The average molecular weight is 296 g/mol. The fourth-order valence-electron chi connectivity index (χ4n) is 3.03. The van der Waals surface area contributed by atoms with Crippen molar-refractivity contribution in [2.24, 2.45) is 5.92 Å². The minimum atomic E-state index is -0.469. The van der Waals surface area contributed by atoms with Crippen LogP contribution in [0.3, 0.4) is 0 Å².